The number of carbonyl (C=O) groups is 3. The minimum atomic E-state index is -0.788. The van der Waals surface area contributed by atoms with Gasteiger partial charge >= 0.3 is 17.9 Å². The van der Waals surface area contributed by atoms with E-state index in [0.717, 1.165) is 96.8 Å². The summed E-state index contributed by atoms with van der Waals surface area (Å²) in [5, 5.41) is 40.3. The van der Waals surface area contributed by atoms with Gasteiger partial charge in [0.25, 0.3) is 0 Å². The van der Waals surface area contributed by atoms with Crippen molar-refractivity contribution in [2.24, 2.45) is 45.5 Å². The molecule has 286 valence electrons. The van der Waals surface area contributed by atoms with Crippen LogP contribution in [0.4, 0.5) is 0 Å². The number of rotatable bonds is 18. The summed E-state index contributed by atoms with van der Waals surface area (Å²) >= 11 is 0. The van der Waals surface area contributed by atoms with Gasteiger partial charge in [0.05, 0.1) is 35.4 Å². The number of nitrogens with zero attached hydrogens (tertiary/aromatic N) is 3. The summed E-state index contributed by atoms with van der Waals surface area (Å²) < 4.78 is 0. The Morgan fingerprint density at radius 2 is 1.13 bits per heavy atom. The molecule has 54 heavy (non-hydrogen) atoms. The second-order valence-corrected chi connectivity index (χ2v) is 15.7. The molecule has 2 aromatic rings. The number of aliphatic carboxylic acids is 3. The van der Waals surface area contributed by atoms with Crippen molar-refractivity contribution in [2.45, 2.75) is 51.6 Å². The molecule has 3 fully saturated rings. The molecule has 12 nitrogen and oxygen atoms in total. The Labute approximate surface area is 316 Å². The SMILES string of the molecule is O=C(O)[C@@H](CC1=CN=C2C=NC(CN(Cc3cccc(C[C@H](C(=O)O)[C@H]4CCNC4)c3)Cc3cccc(C[C@H](C(=O)O)[C@H]4CCNC4)c3)=C12)[C@H]1CCNC1. The first-order valence-corrected chi connectivity index (χ1v) is 19.4. The van der Waals surface area contributed by atoms with E-state index in [2.05, 4.69) is 50.1 Å². The number of carboxylic acid groups (broad SMARTS) is 3. The van der Waals surface area contributed by atoms with Crippen LogP contribution in [-0.4, -0.2) is 95.9 Å². The maximum absolute atomic E-state index is 12.4. The van der Waals surface area contributed by atoms with Gasteiger partial charge < -0.3 is 31.3 Å². The molecule has 0 unspecified atom stereocenters. The van der Waals surface area contributed by atoms with E-state index in [4.69, 9.17) is 4.99 Å². The largest absolute Gasteiger partial charge is 0.481 e. The van der Waals surface area contributed by atoms with Crippen molar-refractivity contribution in [3.63, 3.8) is 0 Å². The summed E-state index contributed by atoms with van der Waals surface area (Å²) in [4.78, 5) is 48.8. The lowest BCUT2D eigenvalue weighted by molar-refractivity contribution is -0.144. The van der Waals surface area contributed by atoms with Gasteiger partial charge in [-0.1, -0.05) is 48.5 Å². The molecule has 5 aliphatic heterocycles. The Morgan fingerprint density at radius 3 is 1.57 bits per heavy atom. The highest BCUT2D eigenvalue weighted by Gasteiger charge is 2.36. The first-order valence-electron chi connectivity index (χ1n) is 19.4. The van der Waals surface area contributed by atoms with E-state index in [1.807, 2.05) is 30.5 Å². The van der Waals surface area contributed by atoms with Crippen LogP contribution in [0.25, 0.3) is 0 Å². The zero-order chi connectivity index (χ0) is 37.6. The minimum Gasteiger partial charge on any atom is -0.481 e. The van der Waals surface area contributed by atoms with Crippen molar-refractivity contribution in [2.75, 3.05) is 45.8 Å². The van der Waals surface area contributed by atoms with Gasteiger partial charge in [-0.15, -0.1) is 0 Å². The van der Waals surface area contributed by atoms with Gasteiger partial charge in [0.1, 0.15) is 0 Å². The molecule has 7 rings (SSSR count). The average Bonchev–Trinajstić information content (AvgIpc) is 4.00. The molecule has 5 aliphatic rings. The number of allylic oxidation sites excluding steroid dienone is 2. The van der Waals surface area contributed by atoms with Gasteiger partial charge in [0, 0.05) is 31.4 Å². The second-order valence-electron chi connectivity index (χ2n) is 15.7. The van der Waals surface area contributed by atoms with E-state index in [1.54, 1.807) is 6.21 Å². The number of fused-ring (bicyclic) bond motifs is 1. The third-order valence-corrected chi connectivity index (χ3v) is 12.0. The van der Waals surface area contributed by atoms with Crippen LogP contribution in [0.2, 0.25) is 0 Å². The normalized spacial score (nSPS) is 23.8. The van der Waals surface area contributed by atoms with Gasteiger partial charge in [0.2, 0.25) is 0 Å². The fourth-order valence-electron chi connectivity index (χ4n) is 9.13. The Kier molecular flexibility index (Phi) is 12.1. The first-order chi connectivity index (χ1) is 26.2. The summed E-state index contributed by atoms with van der Waals surface area (Å²) in [5.74, 6) is -3.47. The number of carboxylic acids is 3. The molecule has 0 aromatic heterocycles. The molecule has 0 bridgehead atoms. The Morgan fingerprint density at radius 1 is 0.667 bits per heavy atom. The van der Waals surface area contributed by atoms with Crippen LogP contribution < -0.4 is 16.0 Å². The molecule has 6 N–H and O–H groups in total. The fourth-order valence-corrected chi connectivity index (χ4v) is 9.13. The molecular weight excluding hydrogens is 684 g/mol. The lowest BCUT2D eigenvalue weighted by Gasteiger charge is -2.25. The van der Waals surface area contributed by atoms with Crippen molar-refractivity contribution in [1.29, 1.82) is 0 Å². The van der Waals surface area contributed by atoms with Crippen molar-refractivity contribution in [3.05, 3.63) is 93.8 Å². The minimum absolute atomic E-state index is 0.0613. The average molecular weight is 737 g/mol. The van der Waals surface area contributed by atoms with Crippen LogP contribution in [0, 0.1) is 35.5 Å². The third kappa shape index (κ3) is 9.06. The Balaban J connectivity index is 1.14. The maximum atomic E-state index is 12.4. The number of benzene rings is 2. The molecule has 0 spiro atoms. The predicted molar refractivity (Wildman–Crippen MR) is 206 cm³/mol. The van der Waals surface area contributed by atoms with E-state index in [1.165, 1.54) is 0 Å². The van der Waals surface area contributed by atoms with E-state index in [9.17, 15) is 29.7 Å². The van der Waals surface area contributed by atoms with Crippen LogP contribution in [-0.2, 0) is 40.3 Å². The zero-order valence-corrected chi connectivity index (χ0v) is 30.8. The molecule has 3 saturated heterocycles. The maximum Gasteiger partial charge on any atom is 0.307 e. The third-order valence-electron chi connectivity index (χ3n) is 12.0. The topological polar surface area (TPSA) is 176 Å². The molecule has 5 heterocycles. The van der Waals surface area contributed by atoms with Crippen LogP contribution in [0.1, 0.15) is 47.9 Å². The van der Waals surface area contributed by atoms with Gasteiger partial charge in [-0.25, -0.2) is 0 Å². The number of hydrogen-bond donors (Lipinski definition) is 6. The lowest BCUT2D eigenvalue weighted by Crippen LogP contribution is -2.28. The summed E-state index contributed by atoms with van der Waals surface area (Å²) in [7, 11) is 0. The summed E-state index contributed by atoms with van der Waals surface area (Å²) in [6.45, 7) is 6.27. The summed E-state index contributed by atoms with van der Waals surface area (Å²) in [6.07, 6.45) is 7.46. The zero-order valence-electron chi connectivity index (χ0n) is 30.8. The van der Waals surface area contributed by atoms with Crippen molar-refractivity contribution >= 4 is 29.8 Å². The Hall–Kier alpha value is -4.49. The summed E-state index contributed by atoms with van der Waals surface area (Å²) in [5.41, 5.74) is 7.53. The molecule has 0 amide bonds. The molecule has 0 saturated carbocycles. The molecular formula is C42H52N6O6. The van der Waals surface area contributed by atoms with Crippen molar-refractivity contribution < 1.29 is 29.7 Å². The van der Waals surface area contributed by atoms with Crippen LogP contribution in [0.5, 0.6) is 0 Å². The van der Waals surface area contributed by atoms with Crippen molar-refractivity contribution in [3.8, 4) is 0 Å². The number of hydrogen-bond acceptors (Lipinski definition) is 9. The summed E-state index contributed by atoms with van der Waals surface area (Å²) in [6, 6.07) is 16.4. The van der Waals surface area contributed by atoms with Crippen LogP contribution in [0.15, 0.2) is 81.6 Å². The predicted octanol–water partition coefficient (Wildman–Crippen LogP) is 3.77. The molecule has 6 atom stereocenters. The number of nitrogens with one attached hydrogen (secondary N) is 3. The van der Waals surface area contributed by atoms with Crippen LogP contribution in [0.3, 0.4) is 0 Å². The highest BCUT2D eigenvalue weighted by molar-refractivity contribution is 6.42. The number of aliphatic imine (C=N–C) groups is 2. The second kappa shape index (κ2) is 17.3. The van der Waals surface area contributed by atoms with E-state index >= 15 is 0 Å². The van der Waals surface area contributed by atoms with E-state index < -0.39 is 35.7 Å². The fraction of sp³-hybridized carbons (Fsp3) is 0.500. The van der Waals surface area contributed by atoms with Crippen LogP contribution >= 0.6 is 0 Å². The Bertz CT molecular complexity index is 1750. The highest BCUT2D eigenvalue weighted by Crippen LogP contribution is 2.36. The van der Waals surface area contributed by atoms with E-state index in [-0.39, 0.29) is 17.8 Å². The first kappa shape index (κ1) is 37.8. The van der Waals surface area contributed by atoms with E-state index in [0.29, 0.717) is 45.4 Å². The smallest absolute Gasteiger partial charge is 0.307 e. The molecule has 12 heteroatoms. The van der Waals surface area contributed by atoms with Gasteiger partial charge in [-0.3, -0.25) is 29.3 Å². The molecule has 2 aromatic carbocycles. The van der Waals surface area contributed by atoms with Gasteiger partial charge in [-0.2, -0.15) is 0 Å². The molecule has 0 aliphatic carbocycles. The standard InChI is InChI=1S/C42H52N6O6/c49-40(50)34(30-7-10-43-18-30)15-26-3-1-5-28(13-26)23-48(24-29-6-2-4-27(14-29)16-35(41(51)52)31-8-11-44-19-31)25-38-39-33(21-46-37(39)22-47-38)17-36(42(53)54)32-9-12-45-20-32/h1-6,13-14,21-22,30-32,34-36,43-45H,7-12,15-20,23-25H2,(H,49,50)(H,51,52)(H,53,54)/t30-,31-,32-,34-,35-,36-/m0/s1. The lowest BCUT2D eigenvalue weighted by atomic mass is 9.84. The van der Waals surface area contributed by atoms with Crippen molar-refractivity contribution in [1.82, 2.24) is 20.9 Å². The quantitative estimate of drug-likeness (QED) is 0.132. The highest BCUT2D eigenvalue weighted by atomic mass is 16.4. The monoisotopic (exact) mass is 736 g/mol. The van der Waals surface area contributed by atoms with Gasteiger partial charge in [-0.05, 0) is 123 Å². The van der Waals surface area contributed by atoms with Gasteiger partial charge in [0.15, 0.2) is 0 Å². The molecule has 0 radical (unpaired) electrons.